The van der Waals surface area contributed by atoms with E-state index in [0.717, 1.165) is 10.8 Å². The van der Waals surface area contributed by atoms with Gasteiger partial charge in [0.15, 0.2) is 0 Å². The van der Waals surface area contributed by atoms with Crippen molar-refractivity contribution in [1.29, 1.82) is 0 Å². The van der Waals surface area contributed by atoms with Crippen molar-refractivity contribution in [2.75, 3.05) is 5.73 Å². The highest BCUT2D eigenvalue weighted by Crippen LogP contribution is 2.30. The molecule has 0 spiro atoms. The van der Waals surface area contributed by atoms with Gasteiger partial charge in [-0.1, -0.05) is 12.1 Å². The number of benzene rings is 2. The van der Waals surface area contributed by atoms with Gasteiger partial charge in [0.1, 0.15) is 11.5 Å². The number of pyridine rings is 1. The third-order valence-corrected chi connectivity index (χ3v) is 2.79. The molecule has 4 nitrogen and oxygen atoms in total. The molecule has 19 heavy (non-hydrogen) atoms. The Morgan fingerprint density at radius 2 is 1.95 bits per heavy atom. The summed E-state index contributed by atoms with van der Waals surface area (Å²) in [5.74, 6) is 1.24. The second-order valence-corrected chi connectivity index (χ2v) is 4.20. The molecule has 4 heteroatoms. The van der Waals surface area contributed by atoms with Crippen molar-refractivity contribution >= 4 is 16.5 Å². The largest absolute Gasteiger partial charge is 0.508 e. The second kappa shape index (κ2) is 4.49. The van der Waals surface area contributed by atoms with E-state index in [9.17, 15) is 5.11 Å². The van der Waals surface area contributed by atoms with Crippen LogP contribution in [0.5, 0.6) is 17.4 Å². The van der Waals surface area contributed by atoms with Crippen molar-refractivity contribution in [2.45, 2.75) is 0 Å². The van der Waals surface area contributed by atoms with Crippen molar-refractivity contribution in [2.24, 2.45) is 0 Å². The number of phenolic OH excluding ortho intramolecular Hbond substituents is 1. The van der Waals surface area contributed by atoms with Crippen LogP contribution < -0.4 is 10.5 Å². The molecule has 3 rings (SSSR count). The molecule has 0 unspecified atom stereocenters. The molecular weight excluding hydrogens is 240 g/mol. The molecule has 0 radical (unpaired) electrons. The van der Waals surface area contributed by atoms with E-state index in [4.69, 9.17) is 10.5 Å². The number of ether oxygens (including phenoxy) is 1. The Labute approximate surface area is 110 Å². The first-order valence-electron chi connectivity index (χ1n) is 5.83. The number of aromatic nitrogens is 1. The summed E-state index contributed by atoms with van der Waals surface area (Å²) in [4.78, 5) is 4.20. The van der Waals surface area contributed by atoms with E-state index in [-0.39, 0.29) is 5.75 Å². The Kier molecular flexibility index (Phi) is 2.68. The topological polar surface area (TPSA) is 68.4 Å². The Morgan fingerprint density at radius 3 is 2.79 bits per heavy atom. The smallest absolute Gasteiger partial charge is 0.227 e. The molecule has 0 saturated carbocycles. The van der Waals surface area contributed by atoms with Gasteiger partial charge in [0.05, 0.1) is 0 Å². The second-order valence-electron chi connectivity index (χ2n) is 4.20. The molecule has 1 heterocycles. The fraction of sp³-hybridized carbons (Fsp3) is 0. The quantitative estimate of drug-likeness (QED) is 0.686. The number of nitrogen functional groups attached to an aromatic ring is 1. The van der Waals surface area contributed by atoms with E-state index in [1.165, 1.54) is 0 Å². The van der Waals surface area contributed by atoms with Gasteiger partial charge in [-0.2, -0.15) is 0 Å². The normalized spacial score (nSPS) is 10.5. The van der Waals surface area contributed by atoms with Gasteiger partial charge in [-0.05, 0) is 35.7 Å². The fourth-order valence-corrected chi connectivity index (χ4v) is 1.90. The average molecular weight is 252 g/mol. The van der Waals surface area contributed by atoms with Crippen LogP contribution in [0.15, 0.2) is 54.7 Å². The molecule has 2 aromatic carbocycles. The van der Waals surface area contributed by atoms with Crippen LogP contribution in [0.25, 0.3) is 10.8 Å². The van der Waals surface area contributed by atoms with Gasteiger partial charge in [-0.15, -0.1) is 0 Å². The number of fused-ring (bicyclic) bond motifs is 1. The predicted molar refractivity (Wildman–Crippen MR) is 74.3 cm³/mol. The van der Waals surface area contributed by atoms with Crippen molar-refractivity contribution < 1.29 is 9.84 Å². The lowest BCUT2D eigenvalue weighted by Gasteiger charge is -2.08. The van der Waals surface area contributed by atoms with Crippen LogP contribution in [0.4, 0.5) is 5.69 Å². The van der Waals surface area contributed by atoms with E-state index >= 15 is 0 Å². The SMILES string of the molecule is Nc1cccc(Oc2nccc3ccc(O)cc23)c1. The predicted octanol–water partition coefficient (Wildman–Crippen LogP) is 3.31. The number of hydrogen-bond acceptors (Lipinski definition) is 4. The molecule has 94 valence electrons. The minimum Gasteiger partial charge on any atom is -0.508 e. The Bertz CT molecular complexity index is 741. The molecule has 3 aromatic rings. The highest BCUT2D eigenvalue weighted by molar-refractivity contribution is 5.88. The van der Waals surface area contributed by atoms with Gasteiger partial charge in [-0.25, -0.2) is 4.98 Å². The molecule has 1 aromatic heterocycles. The maximum atomic E-state index is 9.56. The molecule has 0 atom stereocenters. The molecular formula is C15H12N2O2. The van der Waals surface area contributed by atoms with Gasteiger partial charge in [-0.3, -0.25) is 0 Å². The highest BCUT2D eigenvalue weighted by Gasteiger charge is 2.06. The Morgan fingerprint density at radius 1 is 1.05 bits per heavy atom. The summed E-state index contributed by atoms with van der Waals surface area (Å²) >= 11 is 0. The van der Waals surface area contributed by atoms with Crippen molar-refractivity contribution in [3.63, 3.8) is 0 Å². The first kappa shape index (κ1) is 11.3. The molecule has 0 fully saturated rings. The Hall–Kier alpha value is -2.75. The maximum absolute atomic E-state index is 9.56. The minimum absolute atomic E-state index is 0.179. The molecule has 0 aliphatic rings. The summed E-state index contributed by atoms with van der Waals surface area (Å²) in [6.45, 7) is 0. The van der Waals surface area contributed by atoms with Crippen LogP contribution in [0.1, 0.15) is 0 Å². The first-order valence-corrected chi connectivity index (χ1v) is 5.83. The molecule has 0 bridgehead atoms. The van der Waals surface area contributed by atoms with Crippen LogP contribution in [0, 0.1) is 0 Å². The molecule has 0 saturated heterocycles. The van der Waals surface area contributed by atoms with E-state index in [1.807, 2.05) is 18.2 Å². The zero-order valence-electron chi connectivity index (χ0n) is 10.1. The van der Waals surface area contributed by atoms with Gasteiger partial charge in [0.2, 0.25) is 5.88 Å². The maximum Gasteiger partial charge on any atom is 0.227 e. The lowest BCUT2D eigenvalue weighted by molar-refractivity contribution is 0.465. The standard InChI is InChI=1S/C15H12N2O2/c16-11-2-1-3-13(8-11)19-15-14-9-12(18)5-4-10(14)6-7-17-15/h1-9,18H,16H2. The number of nitrogens with two attached hydrogens (primary N) is 1. The van der Waals surface area contributed by atoms with E-state index in [2.05, 4.69) is 4.98 Å². The number of anilines is 1. The molecule has 0 aliphatic carbocycles. The Balaban J connectivity index is 2.07. The third kappa shape index (κ3) is 2.28. The van der Waals surface area contributed by atoms with Gasteiger partial charge >= 0.3 is 0 Å². The van der Waals surface area contributed by atoms with Crippen molar-refractivity contribution in [1.82, 2.24) is 4.98 Å². The molecule has 0 aliphatic heterocycles. The van der Waals surface area contributed by atoms with Crippen LogP contribution >= 0.6 is 0 Å². The van der Waals surface area contributed by atoms with Crippen LogP contribution in [-0.4, -0.2) is 10.1 Å². The number of aromatic hydroxyl groups is 1. The van der Waals surface area contributed by atoms with Crippen molar-refractivity contribution in [3.8, 4) is 17.4 Å². The van der Waals surface area contributed by atoms with Crippen LogP contribution in [-0.2, 0) is 0 Å². The van der Waals surface area contributed by atoms with Crippen molar-refractivity contribution in [3.05, 3.63) is 54.7 Å². The van der Waals surface area contributed by atoms with E-state index in [1.54, 1.807) is 36.5 Å². The number of hydrogen-bond donors (Lipinski definition) is 2. The van der Waals surface area contributed by atoms with Gasteiger partial charge < -0.3 is 15.6 Å². The summed E-state index contributed by atoms with van der Waals surface area (Å²) in [6, 6.07) is 14.1. The third-order valence-electron chi connectivity index (χ3n) is 2.79. The number of phenols is 1. The van der Waals surface area contributed by atoms with Crippen LogP contribution in [0.2, 0.25) is 0 Å². The summed E-state index contributed by atoms with van der Waals surface area (Å²) in [6.07, 6.45) is 1.67. The van der Waals surface area contributed by atoms with Gasteiger partial charge in [0, 0.05) is 23.3 Å². The van der Waals surface area contributed by atoms with E-state index in [0.29, 0.717) is 17.3 Å². The lowest BCUT2D eigenvalue weighted by Crippen LogP contribution is -1.91. The summed E-state index contributed by atoms with van der Waals surface area (Å²) in [5.41, 5.74) is 6.33. The summed E-state index contributed by atoms with van der Waals surface area (Å²) in [7, 11) is 0. The highest BCUT2D eigenvalue weighted by atomic mass is 16.5. The zero-order valence-corrected chi connectivity index (χ0v) is 10.1. The lowest BCUT2D eigenvalue weighted by atomic mass is 10.1. The zero-order chi connectivity index (χ0) is 13.2. The fourth-order valence-electron chi connectivity index (χ4n) is 1.90. The van der Waals surface area contributed by atoms with Crippen LogP contribution in [0.3, 0.4) is 0 Å². The molecule has 0 amide bonds. The summed E-state index contributed by atoms with van der Waals surface area (Å²) < 4.78 is 5.73. The summed E-state index contributed by atoms with van der Waals surface area (Å²) in [5, 5.41) is 11.3. The molecule has 3 N–H and O–H groups in total. The minimum atomic E-state index is 0.179. The monoisotopic (exact) mass is 252 g/mol. The number of nitrogens with zero attached hydrogens (tertiary/aromatic N) is 1. The first-order chi connectivity index (χ1) is 9.22. The number of rotatable bonds is 2. The van der Waals surface area contributed by atoms with E-state index < -0.39 is 0 Å². The van der Waals surface area contributed by atoms with Gasteiger partial charge in [0.25, 0.3) is 0 Å². The average Bonchev–Trinajstić information content (AvgIpc) is 2.39.